The average Bonchev–Trinajstić information content (AvgIpc) is 3.42. The summed E-state index contributed by atoms with van der Waals surface area (Å²) in [5.41, 5.74) is -0.0254. The highest BCUT2D eigenvalue weighted by Crippen LogP contribution is 2.40. The number of piperidine rings is 2. The van der Waals surface area contributed by atoms with Gasteiger partial charge < -0.3 is 14.8 Å². The van der Waals surface area contributed by atoms with E-state index in [0.29, 0.717) is 6.54 Å². The van der Waals surface area contributed by atoms with Crippen LogP contribution in [0.1, 0.15) is 31.7 Å². The molecule has 126 valence electrons. The van der Waals surface area contributed by atoms with Gasteiger partial charge in [0.15, 0.2) is 11.2 Å². The first-order valence-corrected chi connectivity index (χ1v) is 8.66. The van der Waals surface area contributed by atoms with Crippen molar-refractivity contribution in [1.82, 2.24) is 9.88 Å². The number of hydrogen-bond donors (Lipinski definition) is 1. The van der Waals surface area contributed by atoms with Crippen LogP contribution in [0, 0.1) is 11.6 Å². The number of halogens is 2. The molecule has 2 unspecified atom stereocenters. The molecule has 3 aliphatic heterocycles. The lowest BCUT2D eigenvalue weighted by molar-refractivity contribution is 0.286. The Labute approximate surface area is 138 Å². The Balaban J connectivity index is 1.75. The summed E-state index contributed by atoms with van der Waals surface area (Å²) in [4.78, 5) is 14.0. The molecule has 4 fully saturated rings. The average molecular weight is 331 g/mol. The molecule has 2 atom stereocenters. The van der Waals surface area contributed by atoms with Crippen molar-refractivity contribution < 1.29 is 8.78 Å². The number of benzene rings is 1. The Hall–Kier alpha value is -1.95. The number of nitrogens with one attached hydrogen (secondary N) is 1. The number of pyridine rings is 1. The zero-order chi connectivity index (χ0) is 16.4. The van der Waals surface area contributed by atoms with Gasteiger partial charge in [-0.15, -0.1) is 0 Å². The zero-order valence-corrected chi connectivity index (χ0v) is 13.3. The lowest BCUT2D eigenvalue weighted by atomic mass is 9.92. The van der Waals surface area contributed by atoms with Crippen LogP contribution in [-0.2, 0) is 0 Å². The highest BCUT2D eigenvalue weighted by Gasteiger charge is 2.37. The molecule has 6 heteroatoms. The summed E-state index contributed by atoms with van der Waals surface area (Å²) in [7, 11) is 0. The topological polar surface area (TPSA) is 37.3 Å². The van der Waals surface area contributed by atoms with E-state index in [9.17, 15) is 9.18 Å². The summed E-state index contributed by atoms with van der Waals surface area (Å²) in [5.74, 6) is -1.21. The quantitative estimate of drug-likeness (QED) is 0.919. The molecule has 2 aromatic rings. The van der Waals surface area contributed by atoms with Gasteiger partial charge in [-0.05, 0) is 31.7 Å². The first kappa shape index (κ1) is 14.4. The minimum Gasteiger partial charge on any atom is -0.361 e. The fourth-order valence-corrected chi connectivity index (χ4v) is 4.25. The van der Waals surface area contributed by atoms with Crippen molar-refractivity contribution in [2.24, 2.45) is 0 Å². The first-order valence-electron chi connectivity index (χ1n) is 8.66. The smallest absolute Gasteiger partial charge is 0.189 e. The molecule has 1 aliphatic carbocycles. The van der Waals surface area contributed by atoms with Crippen LogP contribution >= 0.6 is 0 Å². The zero-order valence-electron chi connectivity index (χ0n) is 13.3. The Morgan fingerprint density at radius 1 is 1.12 bits per heavy atom. The predicted octanol–water partition coefficient (Wildman–Crippen LogP) is 2.56. The molecule has 4 nitrogen and oxygen atoms in total. The van der Waals surface area contributed by atoms with Crippen LogP contribution in [0.4, 0.5) is 14.5 Å². The fourth-order valence-electron chi connectivity index (χ4n) is 4.25. The summed E-state index contributed by atoms with van der Waals surface area (Å²) in [6.07, 6.45) is 5.59. The fraction of sp³-hybridized carbons (Fsp3) is 0.500. The van der Waals surface area contributed by atoms with Gasteiger partial charge in [0.05, 0.1) is 10.9 Å². The molecule has 1 saturated carbocycles. The number of rotatable bonds is 2. The number of hydrogen-bond acceptors (Lipinski definition) is 3. The van der Waals surface area contributed by atoms with Crippen molar-refractivity contribution in [3.8, 4) is 0 Å². The molecular weight excluding hydrogens is 312 g/mol. The van der Waals surface area contributed by atoms with E-state index < -0.39 is 11.6 Å². The Morgan fingerprint density at radius 3 is 2.54 bits per heavy atom. The van der Waals surface area contributed by atoms with Gasteiger partial charge in [0.1, 0.15) is 11.5 Å². The van der Waals surface area contributed by atoms with E-state index in [0.717, 1.165) is 32.2 Å². The van der Waals surface area contributed by atoms with Crippen molar-refractivity contribution in [3.63, 3.8) is 0 Å². The van der Waals surface area contributed by atoms with Crippen molar-refractivity contribution in [3.05, 3.63) is 40.2 Å². The highest BCUT2D eigenvalue weighted by molar-refractivity contribution is 5.84. The van der Waals surface area contributed by atoms with Crippen LogP contribution in [0.5, 0.6) is 0 Å². The molecule has 2 bridgehead atoms. The van der Waals surface area contributed by atoms with E-state index in [1.54, 1.807) is 6.20 Å². The third-order valence-electron chi connectivity index (χ3n) is 5.65. The third-order valence-corrected chi connectivity index (χ3v) is 5.65. The monoisotopic (exact) mass is 331 g/mol. The standard InChI is InChI=1S/C18H19F2N3O/c19-14-7-13-15(24)5-6-22(11-3-4-11)17(13)16(20)18(14)23-9-10-1-2-12(23)8-21-10/h5-7,10-12,21H,1-4,8-9H2. The summed E-state index contributed by atoms with van der Waals surface area (Å²) >= 11 is 0. The lowest BCUT2D eigenvalue weighted by Crippen LogP contribution is -2.61. The molecular formula is C18H19F2N3O. The van der Waals surface area contributed by atoms with E-state index in [-0.39, 0.29) is 40.1 Å². The van der Waals surface area contributed by atoms with Crippen LogP contribution in [-0.4, -0.2) is 29.7 Å². The first-order chi connectivity index (χ1) is 11.6. The second kappa shape index (κ2) is 5.02. The van der Waals surface area contributed by atoms with Gasteiger partial charge in [0.25, 0.3) is 0 Å². The molecule has 0 spiro atoms. The molecule has 0 radical (unpaired) electrons. The summed E-state index contributed by atoms with van der Waals surface area (Å²) < 4.78 is 32.0. The second-order valence-electron chi connectivity index (χ2n) is 7.22. The van der Waals surface area contributed by atoms with Crippen LogP contribution in [0.3, 0.4) is 0 Å². The van der Waals surface area contributed by atoms with Gasteiger partial charge >= 0.3 is 0 Å². The van der Waals surface area contributed by atoms with Gasteiger partial charge in [0.2, 0.25) is 0 Å². The molecule has 4 aliphatic rings. The van der Waals surface area contributed by atoms with E-state index in [2.05, 4.69) is 5.32 Å². The lowest BCUT2D eigenvalue weighted by Gasteiger charge is -2.47. The molecule has 0 amide bonds. The van der Waals surface area contributed by atoms with Gasteiger partial charge in [-0.25, -0.2) is 8.78 Å². The Kier molecular flexibility index (Phi) is 3.01. The van der Waals surface area contributed by atoms with E-state index >= 15 is 4.39 Å². The van der Waals surface area contributed by atoms with E-state index in [4.69, 9.17) is 0 Å². The van der Waals surface area contributed by atoms with E-state index in [1.165, 1.54) is 12.1 Å². The van der Waals surface area contributed by atoms with Gasteiger partial charge in [-0.2, -0.15) is 0 Å². The van der Waals surface area contributed by atoms with Crippen molar-refractivity contribution in [2.45, 2.75) is 43.8 Å². The SMILES string of the molecule is O=c1ccn(C2CC2)c2c(F)c(N3CC4CCC3CN4)c(F)cc12. The molecule has 1 aromatic heterocycles. The third kappa shape index (κ3) is 2.02. The normalized spacial score (nSPS) is 26.3. The maximum Gasteiger partial charge on any atom is 0.189 e. The van der Waals surface area contributed by atoms with Crippen LogP contribution in [0.25, 0.3) is 10.9 Å². The molecule has 1 aromatic carbocycles. The molecule has 4 heterocycles. The maximum absolute atomic E-state index is 15.4. The minimum atomic E-state index is -0.627. The molecule has 3 saturated heterocycles. The molecule has 1 N–H and O–H groups in total. The van der Waals surface area contributed by atoms with Gasteiger partial charge in [-0.1, -0.05) is 0 Å². The maximum atomic E-state index is 15.4. The van der Waals surface area contributed by atoms with E-state index in [1.807, 2.05) is 9.47 Å². The van der Waals surface area contributed by atoms with Crippen molar-refractivity contribution >= 4 is 16.6 Å². The second-order valence-corrected chi connectivity index (χ2v) is 7.22. The van der Waals surface area contributed by atoms with Crippen LogP contribution in [0.2, 0.25) is 0 Å². The van der Waals surface area contributed by atoms with Crippen molar-refractivity contribution in [2.75, 3.05) is 18.0 Å². The highest BCUT2D eigenvalue weighted by atomic mass is 19.1. The number of anilines is 1. The summed E-state index contributed by atoms with van der Waals surface area (Å²) in [6.45, 7) is 1.37. The number of piperazine rings is 1. The van der Waals surface area contributed by atoms with Crippen LogP contribution < -0.4 is 15.6 Å². The number of aromatic nitrogens is 1. The predicted molar refractivity (Wildman–Crippen MR) is 88.6 cm³/mol. The summed E-state index contributed by atoms with van der Waals surface area (Å²) in [6, 6.07) is 3.25. The van der Waals surface area contributed by atoms with Crippen LogP contribution in [0.15, 0.2) is 23.1 Å². The molecule has 6 rings (SSSR count). The number of fused-ring (bicyclic) bond motifs is 4. The van der Waals surface area contributed by atoms with Gasteiger partial charge in [0, 0.05) is 43.5 Å². The van der Waals surface area contributed by atoms with Gasteiger partial charge in [-0.3, -0.25) is 4.79 Å². The summed E-state index contributed by atoms with van der Waals surface area (Å²) in [5, 5.41) is 3.54. The number of nitrogens with zero attached hydrogens (tertiary/aromatic N) is 2. The Morgan fingerprint density at radius 2 is 1.92 bits per heavy atom. The van der Waals surface area contributed by atoms with Crippen molar-refractivity contribution in [1.29, 1.82) is 0 Å². The molecule has 24 heavy (non-hydrogen) atoms. The largest absolute Gasteiger partial charge is 0.361 e. The minimum absolute atomic E-state index is 0.0405. The Bertz CT molecular complexity index is 882.